The van der Waals surface area contributed by atoms with Crippen molar-refractivity contribution in [2.45, 2.75) is 45.8 Å². The lowest BCUT2D eigenvalue weighted by atomic mass is 10.0. The smallest absolute Gasteiger partial charge is 0.231 e. The Labute approximate surface area is 234 Å². The molecule has 0 amide bonds. The highest BCUT2D eigenvalue weighted by Crippen LogP contribution is 2.33. The van der Waals surface area contributed by atoms with E-state index in [-0.39, 0.29) is 12.6 Å². The molecule has 0 aliphatic carbocycles. The van der Waals surface area contributed by atoms with Crippen molar-refractivity contribution in [1.82, 2.24) is 14.5 Å². The quantitative estimate of drug-likeness (QED) is 0.174. The molecule has 204 valence electrons. The molecule has 5 nitrogen and oxygen atoms in total. The first-order chi connectivity index (χ1) is 19.7. The van der Waals surface area contributed by atoms with Crippen LogP contribution >= 0.6 is 0 Å². The molecule has 0 unspecified atom stereocenters. The summed E-state index contributed by atoms with van der Waals surface area (Å²) in [6, 6.07) is 28.1. The van der Waals surface area contributed by atoms with E-state index >= 15 is 0 Å². The zero-order chi connectivity index (χ0) is 27.3. The zero-order valence-electron chi connectivity index (χ0n) is 22.9. The van der Waals surface area contributed by atoms with Crippen LogP contribution in [0.4, 0.5) is 4.39 Å². The van der Waals surface area contributed by atoms with Gasteiger partial charge in [-0.15, -0.1) is 0 Å². The van der Waals surface area contributed by atoms with E-state index in [1.54, 1.807) is 12.1 Å². The number of benzene rings is 4. The molecule has 6 rings (SSSR count). The molecular weight excluding hydrogens is 501 g/mol. The Morgan fingerprint density at radius 2 is 1.70 bits per heavy atom. The fraction of sp³-hybridized carbons (Fsp3) is 0.265. The summed E-state index contributed by atoms with van der Waals surface area (Å²) in [5, 5.41) is 2.52. The number of halogens is 1. The highest BCUT2D eigenvalue weighted by Gasteiger charge is 2.18. The number of rotatable bonds is 11. The van der Waals surface area contributed by atoms with Crippen molar-refractivity contribution in [3.63, 3.8) is 0 Å². The topological polar surface area (TPSA) is 39.5 Å². The van der Waals surface area contributed by atoms with Gasteiger partial charge in [-0.3, -0.25) is 4.90 Å². The summed E-state index contributed by atoms with van der Waals surface area (Å²) in [4.78, 5) is 7.23. The van der Waals surface area contributed by atoms with Crippen molar-refractivity contribution >= 4 is 10.8 Å². The Morgan fingerprint density at radius 1 is 0.850 bits per heavy atom. The first-order valence-corrected chi connectivity index (χ1v) is 14.0. The van der Waals surface area contributed by atoms with Gasteiger partial charge in [0.2, 0.25) is 6.79 Å². The predicted octanol–water partition coefficient (Wildman–Crippen LogP) is 7.62. The van der Waals surface area contributed by atoms with Crippen LogP contribution < -0.4 is 9.47 Å². The largest absolute Gasteiger partial charge is 0.454 e. The number of aromatic nitrogens is 2. The average Bonchev–Trinajstić information content (AvgIpc) is 3.61. The molecule has 1 aliphatic heterocycles. The van der Waals surface area contributed by atoms with Crippen molar-refractivity contribution in [1.29, 1.82) is 0 Å². The molecule has 0 radical (unpaired) electrons. The minimum Gasteiger partial charge on any atom is -0.454 e. The van der Waals surface area contributed by atoms with Crippen LogP contribution in [0.1, 0.15) is 36.6 Å². The zero-order valence-corrected chi connectivity index (χ0v) is 22.9. The van der Waals surface area contributed by atoms with Gasteiger partial charge in [0.15, 0.2) is 11.5 Å². The van der Waals surface area contributed by atoms with Gasteiger partial charge in [-0.2, -0.15) is 0 Å². The molecule has 0 spiro atoms. The summed E-state index contributed by atoms with van der Waals surface area (Å²) in [5.74, 6) is 2.17. The maximum absolute atomic E-state index is 14.1. The lowest BCUT2D eigenvalue weighted by Crippen LogP contribution is -2.27. The van der Waals surface area contributed by atoms with E-state index in [0.29, 0.717) is 0 Å². The van der Waals surface area contributed by atoms with Crippen LogP contribution in [0.25, 0.3) is 22.2 Å². The van der Waals surface area contributed by atoms with Gasteiger partial charge in [-0.25, -0.2) is 9.37 Å². The normalized spacial score (nSPS) is 12.5. The lowest BCUT2D eigenvalue weighted by Gasteiger charge is -2.24. The highest BCUT2D eigenvalue weighted by molar-refractivity contribution is 5.83. The molecule has 5 aromatic rings. The second kappa shape index (κ2) is 11.9. The molecule has 1 aromatic heterocycles. The van der Waals surface area contributed by atoms with Gasteiger partial charge in [0, 0.05) is 31.7 Å². The Kier molecular flexibility index (Phi) is 7.78. The van der Waals surface area contributed by atoms with Gasteiger partial charge in [0.1, 0.15) is 11.6 Å². The predicted molar refractivity (Wildman–Crippen MR) is 157 cm³/mol. The van der Waals surface area contributed by atoms with E-state index in [1.807, 2.05) is 18.3 Å². The third kappa shape index (κ3) is 5.87. The monoisotopic (exact) mass is 535 g/mol. The highest BCUT2D eigenvalue weighted by atomic mass is 19.1. The number of fused-ring (bicyclic) bond motifs is 2. The van der Waals surface area contributed by atoms with Gasteiger partial charge in [0.25, 0.3) is 0 Å². The van der Waals surface area contributed by atoms with Crippen LogP contribution in [-0.2, 0) is 26.1 Å². The summed E-state index contributed by atoms with van der Waals surface area (Å²) in [5.41, 5.74) is 4.43. The molecule has 0 saturated heterocycles. The van der Waals surface area contributed by atoms with E-state index in [9.17, 15) is 4.39 Å². The molecule has 0 saturated carbocycles. The number of ether oxygens (including phenoxy) is 2. The SMILES string of the molecule is CCCCn1c(CN(CCc2ccc3ccccc3c2)Cc2ccc3c(c2)OCO3)cnc1-c1cccc(F)c1. The molecule has 2 heterocycles. The van der Waals surface area contributed by atoms with Gasteiger partial charge >= 0.3 is 0 Å². The maximum Gasteiger partial charge on any atom is 0.231 e. The van der Waals surface area contributed by atoms with E-state index in [0.717, 1.165) is 74.0 Å². The molecule has 0 atom stereocenters. The van der Waals surface area contributed by atoms with E-state index in [2.05, 4.69) is 71.0 Å². The average molecular weight is 536 g/mol. The molecule has 0 N–H and O–H groups in total. The first-order valence-electron chi connectivity index (χ1n) is 14.0. The Hall–Kier alpha value is -4.16. The minimum absolute atomic E-state index is 0.246. The number of hydrogen-bond acceptors (Lipinski definition) is 4. The number of hydrogen-bond donors (Lipinski definition) is 0. The van der Waals surface area contributed by atoms with Gasteiger partial charge in [-0.1, -0.05) is 74.0 Å². The maximum atomic E-state index is 14.1. The van der Waals surface area contributed by atoms with E-state index in [4.69, 9.17) is 14.5 Å². The second-order valence-corrected chi connectivity index (χ2v) is 10.4. The third-order valence-corrected chi connectivity index (χ3v) is 7.52. The molecule has 6 heteroatoms. The van der Waals surface area contributed by atoms with Gasteiger partial charge in [0.05, 0.1) is 11.9 Å². The van der Waals surface area contributed by atoms with Crippen molar-refractivity contribution in [3.8, 4) is 22.9 Å². The molecule has 1 aliphatic rings. The summed E-state index contributed by atoms with van der Waals surface area (Å²) in [6.45, 7) is 5.67. The summed E-state index contributed by atoms with van der Waals surface area (Å²) in [7, 11) is 0. The number of nitrogens with zero attached hydrogens (tertiary/aromatic N) is 3. The van der Waals surface area contributed by atoms with Crippen molar-refractivity contribution in [2.24, 2.45) is 0 Å². The third-order valence-electron chi connectivity index (χ3n) is 7.52. The minimum atomic E-state index is -0.246. The van der Waals surface area contributed by atoms with E-state index in [1.165, 1.54) is 28.0 Å². The molecule has 4 aromatic carbocycles. The van der Waals surface area contributed by atoms with Crippen LogP contribution in [-0.4, -0.2) is 27.8 Å². The molecular formula is C34H34FN3O2. The first kappa shape index (κ1) is 26.1. The fourth-order valence-corrected chi connectivity index (χ4v) is 5.38. The number of unbranched alkanes of at least 4 members (excludes halogenated alkanes) is 1. The van der Waals surface area contributed by atoms with Crippen LogP contribution in [0.15, 0.2) is 91.1 Å². The standard InChI is InChI=1S/C34H34FN3O2/c1-2-3-16-38-31(21-36-34(38)29-9-6-10-30(35)20-29)23-37(22-26-12-14-32-33(19-26)40-24-39-32)17-15-25-11-13-27-7-4-5-8-28(27)18-25/h4-14,18-21H,2-3,15-17,22-24H2,1H3. The summed E-state index contributed by atoms with van der Waals surface area (Å²) < 4.78 is 27.5. The van der Waals surface area contributed by atoms with Crippen LogP contribution in [0.5, 0.6) is 11.5 Å². The molecule has 0 bridgehead atoms. The Bertz CT molecular complexity index is 1610. The summed E-state index contributed by atoms with van der Waals surface area (Å²) >= 11 is 0. The van der Waals surface area contributed by atoms with E-state index < -0.39 is 0 Å². The van der Waals surface area contributed by atoms with Crippen molar-refractivity contribution in [2.75, 3.05) is 13.3 Å². The lowest BCUT2D eigenvalue weighted by molar-refractivity contribution is 0.174. The van der Waals surface area contributed by atoms with Crippen LogP contribution in [0.3, 0.4) is 0 Å². The van der Waals surface area contributed by atoms with Gasteiger partial charge < -0.3 is 14.0 Å². The molecule has 0 fully saturated rings. The summed E-state index contributed by atoms with van der Waals surface area (Å²) in [6.07, 6.45) is 4.99. The Morgan fingerprint density at radius 3 is 2.58 bits per heavy atom. The van der Waals surface area contributed by atoms with Gasteiger partial charge in [-0.05, 0) is 59.0 Å². The Balaban J connectivity index is 1.28. The number of imidazole rings is 1. The van der Waals surface area contributed by atoms with Crippen molar-refractivity contribution in [3.05, 3.63) is 114 Å². The fourth-order valence-electron chi connectivity index (χ4n) is 5.38. The van der Waals surface area contributed by atoms with Crippen LogP contribution in [0.2, 0.25) is 0 Å². The van der Waals surface area contributed by atoms with Crippen molar-refractivity contribution < 1.29 is 13.9 Å². The van der Waals surface area contributed by atoms with Crippen LogP contribution in [0, 0.1) is 5.82 Å². The second-order valence-electron chi connectivity index (χ2n) is 10.4. The molecule has 40 heavy (non-hydrogen) atoms.